The standard InChI is InChI=1S/C64H119NO6SSi3/c1-18-27-41-73(42-28-19-2,43-29-20-3)69-59(55(12)50-58-52-72-57(14)65-58)40-39-53(10)37-36-38-54(11)62(71-75(47-33-24-7,48-34-25-8)49-35-26-9)56(13)63(67)64(15,16)60(51-61(66)68-17)70-74(44-30-21-4,45-31-22-5)46-32-23-6/h39,50,52,54,56,59-60,62H,18-35,37,40-49,51H2,1-17H3/b53-39+,55-50+/t54-,56+,59-,60-,62-/m0/s1. The maximum Gasteiger partial charge on any atom is 0.308 e. The number of ketones is 1. The molecular formula is C64H119NO6SSi3. The average molecular weight is 1110 g/mol. The van der Waals surface area contributed by atoms with Crippen LogP contribution in [0.4, 0.5) is 0 Å². The molecule has 1 aromatic rings. The Labute approximate surface area is 471 Å². The van der Waals surface area contributed by atoms with Crippen LogP contribution in [0.15, 0.2) is 22.6 Å². The van der Waals surface area contributed by atoms with Gasteiger partial charge in [0.05, 0.1) is 42.5 Å². The molecule has 0 aliphatic heterocycles. The number of Topliss-reactive ketones (excluding diaryl/α,β-unsaturated/α-hetero) is 1. The third kappa shape index (κ3) is 26.4. The summed E-state index contributed by atoms with van der Waals surface area (Å²) in [4.78, 5) is 33.9. The number of hydrogen-bond acceptors (Lipinski definition) is 8. The largest absolute Gasteiger partial charge is 0.469 e. The van der Waals surface area contributed by atoms with Gasteiger partial charge in [-0.15, -0.1) is 11.3 Å². The molecule has 0 saturated heterocycles. The van der Waals surface area contributed by atoms with Crippen molar-refractivity contribution in [3.05, 3.63) is 33.3 Å². The first-order valence-corrected chi connectivity index (χ1v) is 39.7. The van der Waals surface area contributed by atoms with Crippen LogP contribution in [-0.2, 0) is 27.6 Å². The highest BCUT2D eigenvalue weighted by Crippen LogP contribution is 2.42. The molecule has 0 saturated carbocycles. The van der Waals surface area contributed by atoms with Crippen molar-refractivity contribution < 1.29 is 27.6 Å². The number of methoxy groups -OCH3 is 1. The zero-order chi connectivity index (χ0) is 56.3. The van der Waals surface area contributed by atoms with Gasteiger partial charge in [-0.05, 0) is 100 Å². The van der Waals surface area contributed by atoms with E-state index in [0.717, 1.165) is 130 Å². The van der Waals surface area contributed by atoms with Gasteiger partial charge >= 0.3 is 5.97 Å². The van der Waals surface area contributed by atoms with Gasteiger partial charge in [0.2, 0.25) is 0 Å². The number of hydrogen-bond donors (Lipinski definition) is 0. The Morgan fingerprint density at radius 2 is 1.05 bits per heavy atom. The molecule has 434 valence electrons. The summed E-state index contributed by atoms with van der Waals surface area (Å²) in [6, 6.07) is 10.2. The fourth-order valence-electron chi connectivity index (χ4n) is 11.2. The molecule has 0 bridgehead atoms. The maximum atomic E-state index is 15.7. The van der Waals surface area contributed by atoms with Crippen molar-refractivity contribution in [2.75, 3.05) is 7.11 Å². The number of unbranched alkanes of at least 4 members (excludes halogenated alkanes) is 9. The van der Waals surface area contributed by atoms with Gasteiger partial charge in [-0.3, -0.25) is 9.59 Å². The molecule has 75 heavy (non-hydrogen) atoms. The van der Waals surface area contributed by atoms with Gasteiger partial charge in [0.25, 0.3) is 0 Å². The Bertz CT molecular complexity index is 1750. The van der Waals surface area contributed by atoms with Crippen molar-refractivity contribution in [2.45, 2.75) is 318 Å². The van der Waals surface area contributed by atoms with Crippen LogP contribution in [0.3, 0.4) is 0 Å². The van der Waals surface area contributed by atoms with E-state index in [9.17, 15) is 4.79 Å². The number of nitrogens with zero attached hydrogens (tertiary/aromatic N) is 1. The first kappa shape index (κ1) is 71.4. The second kappa shape index (κ2) is 39.7. The molecule has 0 unspecified atom stereocenters. The van der Waals surface area contributed by atoms with Crippen LogP contribution < -0.4 is 0 Å². The molecule has 0 aromatic carbocycles. The van der Waals surface area contributed by atoms with Crippen molar-refractivity contribution in [3.8, 4) is 11.8 Å². The number of ether oxygens (including phenoxy) is 1. The maximum absolute atomic E-state index is 15.7. The van der Waals surface area contributed by atoms with E-state index in [4.69, 9.17) is 23.0 Å². The number of aryl methyl sites for hydroxylation is 1. The van der Waals surface area contributed by atoms with Gasteiger partial charge in [0.15, 0.2) is 25.0 Å². The van der Waals surface area contributed by atoms with Crippen LogP contribution in [0.1, 0.15) is 249 Å². The Morgan fingerprint density at radius 3 is 1.43 bits per heavy atom. The highest BCUT2D eigenvalue weighted by atomic mass is 32.1. The van der Waals surface area contributed by atoms with Gasteiger partial charge < -0.3 is 18.0 Å². The molecule has 1 rings (SSSR count). The first-order valence-electron chi connectivity index (χ1n) is 31.2. The van der Waals surface area contributed by atoms with Gasteiger partial charge in [-0.25, -0.2) is 4.98 Å². The van der Waals surface area contributed by atoms with E-state index in [2.05, 4.69) is 126 Å². The number of carbonyl (C=O) groups is 2. The molecule has 1 heterocycles. The Morgan fingerprint density at radius 1 is 0.653 bits per heavy atom. The number of carbonyl (C=O) groups excluding carboxylic acids is 2. The van der Waals surface area contributed by atoms with Crippen LogP contribution in [0, 0.1) is 36.0 Å². The molecule has 7 nitrogen and oxygen atoms in total. The Hall–Kier alpha value is -1.66. The topological polar surface area (TPSA) is 84.0 Å². The van der Waals surface area contributed by atoms with Crippen molar-refractivity contribution in [3.63, 3.8) is 0 Å². The lowest BCUT2D eigenvalue weighted by molar-refractivity contribution is -0.148. The molecule has 0 spiro atoms. The number of rotatable bonds is 45. The van der Waals surface area contributed by atoms with Gasteiger partial charge in [-0.2, -0.15) is 0 Å². The van der Waals surface area contributed by atoms with Crippen LogP contribution in [0.2, 0.25) is 54.4 Å². The number of esters is 1. The molecular weight excluding hydrogens is 995 g/mol. The molecule has 0 radical (unpaired) electrons. The van der Waals surface area contributed by atoms with Crippen molar-refractivity contribution in [1.29, 1.82) is 0 Å². The monoisotopic (exact) mass is 1110 g/mol. The van der Waals surface area contributed by atoms with Crippen molar-refractivity contribution >= 4 is 54.1 Å². The highest BCUT2D eigenvalue weighted by molar-refractivity contribution is 7.09. The third-order valence-corrected chi connectivity index (χ3v) is 30.9. The number of aromatic nitrogens is 1. The summed E-state index contributed by atoms with van der Waals surface area (Å²) in [5, 5.41) is 3.25. The van der Waals surface area contributed by atoms with Crippen LogP contribution in [-0.4, -0.2) is 67.1 Å². The van der Waals surface area contributed by atoms with Gasteiger partial charge in [0, 0.05) is 29.1 Å². The summed E-state index contributed by atoms with van der Waals surface area (Å²) in [6.45, 7) is 35.6. The zero-order valence-electron chi connectivity index (χ0n) is 52.1. The summed E-state index contributed by atoms with van der Waals surface area (Å²) in [5.74, 6) is 6.55. The predicted octanol–water partition coefficient (Wildman–Crippen LogP) is 20.2. The van der Waals surface area contributed by atoms with Gasteiger partial charge in [0.1, 0.15) is 5.78 Å². The first-order chi connectivity index (χ1) is 35.8. The van der Waals surface area contributed by atoms with Gasteiger partial charge in [-0.1, -0.05) is 222 Å². The second-order valence-electron chi connectivity index (χ2n) is 23.7. The lowest BCUT2D eigenvalue weighted by atomic mass is 9.73. The minimum Gasteiger partial charge on any atom is -0.469 e. The highest BCUT2D eigenvalue weighted by Gasteiger charge is 2.49. The SMILES string of the molecule is CCCC[Si](CCCC)(CCCC)O[C@@H]([C@@H](C)C#CC/C(C)=C/C[C@H](O[Si](CCCC)(CCCC)CCCC)/C(C)=C/c1csc(C)n1)[C@@H](C)C(=O)C(C)(C)[C@H](CC(=O)OC)O[Si](CCCC)(CCCC)CCCC. The molecule has 0 aliphatic rings. The van der Waals surface area contributed by atoms with E-state index >= 15 is 4.79 Å². The van der Waals surface area contributed by atoms with E-state index in [1.165, 1.54) is 74.9 Å². The summed E-state index contributed by atoms with van der Waals surface area (Å²) < 4.78 is 28.4. The normalized spacial score (nSPS) is 15.1. The predicted molar refractivity (Wildman–Crippen MR) is 334 cm³/mol. The quantitative estimate of drug-likeness (QED) is 0.0278. The minimum atomic E-state index is -2.34. The van der Waals surface area contributed by atoms with Crippen molar-refractivity contribution in [1.82, 2.24) is 4.98 Å². The summed E-state index contributed by atoms with van der Waals surface area (Å²) in [7, 11) is -5.23. The molecule has 11 heteroatoms. The lowest BCUT2D eigenvalue weighted by Crippen LogP contribution is -2.53. The Balaban J connectivity index is 3.98. The summed E-state index contributed by atoms with van der Waals surface area (Å²) >= 11 is 1.70. The second-order valence-corrected chi connectivity index (χ2v) is 37.1. The van der Waals surface area contributed by atoms with Crippen LogP contribution in [0.25, 0.3) is 6.08 Å². The van der Waals surface area contributed by atoms with E-state index in [1.54, 1.807) is 11.3 Å². The van der Waals surface area contributed by atoms with Crippen LogP contribution in [0.5, 0.6) is 0 Å². The molecule has 0 amide bonds. The molecule has 0 aliphatic carbocycles. The van der Waals surface area contributed by atoms with E-state index in [-0.39, 0.29) is 36.3 Å². The van der Waals surface area contributed by atoms with E-state index < -0.39 is 42.4 Å². The van der Waals surface area contributed by atoms with Crippen molar-refractivity contribution in [2.24, 2.45) is 17.3 Å². The molecule has 1 aromatic heterocycles. The van der Waals surface area contributed by atoms with E-state index in [0.29, 0.717) is 6.42 Å². The fourth-order valence-corrected chi connectivity index (χ4v) is 26.9. The number of thiazole rings is 1. The summed E-state index contributed by atoms with van der Waals surface area (Å²) in [6.07, 6.45) is 25.9. The lowest BCUT2D eigenvalue weighted by Gasteiger charge is -2.44. The zero-order valence-corrected chi connectivity index (χ0v) is 56.0. The molecule has 0 fully saturated rings. The molecule has 5 atom stereocenters. The molecule has 0 N–H and O–H groups in total. The third-order valence-electron chi connectivity index (χ3n) is 16.4. The van der Waals surface area contributed by atoms with Crippen LogP contribution >= 0.6 is 11.3 Å². The smallest absolute Gasteiger partial charge is 0.308 e. The Kier molecular flexibility index (Phi) is 37.7. The van der Waals surface area contributed by atoms with E-state index in [1.807, 2.05) is 13.8 Å². The number of allylic oxidation sites excluding steroid dienone is 1. The average Bonchev–Trinajstić information content (AvgIpc) is 3.82. The fraction of sp³-hybridized carbons (Fsp3) is 0.828. The minimum absolute atomic E-state index is 0.00346. The summed E-state index contributed by atoms with van der Waals surface area (Å²) in [5.41, 5.74) is 2.56.